The summed E-state index contributed by atoms with van der Waals surface area (Å²) in [6.07, 6.45) is 3.29. The van der Waals surface area contributed by atoms with E-state index in [1.807, 2.05) is 11.8 Å². The molecular formula is C7H12OS. The molecular weight excluding hydrogens is 132 g/mol. The summed E-state index contributed by atoms with van der Waals surface area (Å²) in [7, 11) is 0. The normalized spacial score (nSPS) is 36.1. The van der Waals surface area contributed by atoms with E-state index in [9.17, 15) is 4.79 Å². The van der Waals surface area contributed by atoms with Crippen molar-refractivity contribution in [2.45, 2.75) is 25.0 Å². The maximum absolute atomic E-state index is 10.3. The van der Waals surface area contributed by atoms with Crippen LogP contribution in [0, 0.1) is 5.92 Å². The molecule has 0 unspecified atom stereocenters. The number of carbonyl (C=O) groups excluding carboxylic acids is 1. The van der Waals surface area contributed by atoms with Gasteiger partial charge in [-0.15, -0.1) is 0 Å². The van der Waals surface area contributed by atoms with Gasteiger partial charge in [-0.25, -0.2) is 0 Å². The average Bonchev–Trinajstić information content (AvgIpc) is 1.88. The predicted molar refractivity (Wildman–Crippen MR) is 40.7 cm³/mol. The number of thioether (sulfide) groups is 1. The fourth-order valence-corrected chi connectivity index (χ4v) is 2.38. The summed E-state index contributed by atoms with van der Waals surface area (Å²) in [4.78, 5) is 10.3. The van der Waals surface area contributed by atoms with Gasteiger partial charge >= 0.3 is 0 Å². The number of hydrogen-bond donors (Lipinski definition) is 0. The van der Waals surface area contributed by atoms with Gasteiger partial charge in [-0.1, -0.05) is 6.92 Å². The van der Waals surface area contributed by atoms with E-state index >= 15 is 0 Å². The first-order chi connectivity index (χ1) is 4.33. The first-order valence-corrected chi connectivity index (χ1v) is 4.44. The van der Waals surface area contributed by atoms with Crippen LogP contribution < -0.4 is 0 Å². The summed E-state index contributed by atoms with van der Waals surface area (Å²) in [5, 5.41) is 0.703. The van der Waals surface area contributed by atoms with Crippen molar-refractivity contribution in [1.29, 1.82) is 0 Å². The van der Waals surface area contributed by atoms with Crippen LogP contribution in [-0.2, 0) is 4.79 Å². The third kappa shape index (κ3) is 2.01. The quantitative estimate of drug-likeness (QED) is 0.521. The lowest BCUT2D eigenvalue weighted by Gasteiger charge is -2.21. The number of aldehydes is 1. The van der Waals surface area contributed by atoms with Crippen molar-refractivity contribution in [2.24, 2.45) is 5.92 Å². The summed E-state index contributed by atoms with van der Waals surface area (Å²) in [5.41, 5.74) is 0. The Labute approximate surface area is 60.2 Å². The molecule has 1 heterocycles. The lowest BCUT2D eigenvalue weighted by atomic mass is 10.0. The Morgan fingerprint density at radius 2 is 2.44 bits per heavy atom. The van der Waals surface area contributed by atoms with Gasteiger partial charge in [-0.3, -0.25) is 0 Å². The van der Waals surface area contributed by atoms with Crippen molar-refractivity contribution in [3.05, 3.63) is 0 Å². The van der Waals surface area contributed by atoms with Crippen LogP contribution >= 0.6 is 11.8 Å². The van der Waals surface area contributed by atoms with E-state index in [4.69, 9.17) is 0 Å². The largest absolute Gasteiger partial charge is 0.303 e. The van der Waals surface area contributed by atoms with Crippen molar-refractivity contribution in [3.8, 4) is 0 Å². The molecule has 9 heavy (non-hydrogen) atoms. The Balaban J connectivity index is 2.31. The van der Waals surface area contributed by atoms with E-state index in [-0.39, 0.29) is 0 Å². The summed E-state index contributed by atoms with van der Waals surface area (Å²) >= 11 is 1.98. The Kier molecular flexibility index (Phi) is 2.58. The highest BCUT2D eigenvalue weighted by atomic mass is 32.2. The van der Waals surface area contributed by atoms with E-state index in [1.165, 1.54) is 5.75 Å². The molecule has 0 radical (unpaired) electrons. The van der Waals surface area contributed by atoms with Crippen molar-refractivity contribution < 1.29 is 4.79 Å². The van der Waals surface area contributed by atoms with Gasteiger partial charge in [0.2, 0.25) is 0 Å². The standard InChI is InChI=1S/C7H12OS/c1-6-4-7(5-8)2-3-9-6/h5-7H,2-4H2,1H3/t6-,7-/m0/s1. The Bertz CT molecular complexity index is 103. The summed E-state index contributed by atoms with van der Waals surface area (Å²) < 4.78 is 0. The van der Waals surface area contributed by atoms with Gasteiger partial charge in [0.25, 0.3) is 0 Å². The van der Waals surface area contributed by atoms with Gasteiger partial charge in [0, 0.05) is 11.2 Å². The Morgan fingerprint density at radius 1 is 1.67 bits per heavy atom. The molecule has 0 bridgehead atoms. The smallest absolute Gasteiger partial charge is 0.123 e. The zero-order chi connectivity index (χ0) is 6.69. The molecule has 0 aromatic rings. The molecule has 0 N–H and O–H groups in total. The maximum atomic E-state index is 10.3. The first kappa shape index (κ1) is 7.13. The van der Waals surface area contributed by atoms with Crippen LogP contribution in [0.15, 0.2) is 0 Å². The van der Waals surface area contributed by atoms with Gasteiger partial charge in [0.05, 0.1) is 0 Å². The molecule has 1 saturated heterocycles. The highest BCUT2D eigenvalue weighted by molar-refractivity contribution is 7.99. The minimum atomic E-state index is 0.362. The van der Waals surface area contributed by atoms with Gasteiger partial charge in [0.15, 0.2) is 0 Å². The van der Waals surface area contributed by atoms with Gasteiger partial charge in [-0.2, -0.15) is 11.8 Å². The maximum Gasteiger partial charge on any atom is 0.123 e. The fraction of sp³-hybridized carbons (Fsp3) is 0.857. The highest BCUT2D eigenvalue weighted by Gasteiger charge is 2.17. The molecule has 1 rings (SSSR count). The van der Waals surface area contributed by atoms with Crippen molar-refractivity contribution >= 4 is 18.0 Å². The Morgan fingerprint density at radius 3 is 2.89 bits per heavy atom. The zero-order valence-corrected chi connectivity index (χ0v) is 6.49. The number of rotatable bonds is 1. The molecule has 1 aliphatic heterocycles. The molecule has 0 aliphatic carbocycles. The monoisotopic (exact) mass is 144 g/mol. The van der Waals surface area contributed by atoms with E-state index < -0.39 is 0 Å². The molecule has 2 atom stereocenters. The molecule has 1 nitrogen and oxygen atoms in total. The molecule has 1 fully saturated rings. The predicted octanol–water partition coefficient (Wildman–Crippen LogP) is 1.72. The van der Waals surface area contributed by atoms with E-state index in [0.717, 1.165) is 19.1 Å². The fourth-order valence-electron chi connectivity index (χ4n) is 1.16. The molecule has 0 aromatic carbocycles. The second kappa shape index (κ2) is 3.25. The lowest BCUT2D eigenvalue weighted by molar-refractivity contribution is -0.111. The van der Waals surface area contributed by atoms with Crippen LogP contribution in [-0.4, -0.2) is 17.3 Å². The zero-order valence-electron chi connectivity index (χ0n) is 5.67. The van der Waals surface area contributed by atoms with Crippen LogP contribution in [0.25, 0.3) is 0 Å². The number of hydrogen-bond acceptors (Lipinski definition) is 2. The number of carbonyl (C=O) groups is 1. The second-order valence-electron chi connectivity index (χ2n) is 2.60. The molecule has 52 valence electrons. The van der Waals surface area contributed by atoms with Crippen molar-refractivity contribution in [2.75, 3.05) is 5.75 Å². The van der Waals surface area contributed by atoms with Crippen LogP contribution in [0.1, 0.15) is 19.8 Å². The molecule has 0 saturated carbocycles. The highest BCUT2D eigenvalue weighted by Crippen LogP contribution is 2.27. The SMILES string of the molecule is C[C@H]1C[C@@H](C=O)CCS1. The van der Waals surface area contributed by atoms with E-state index in [2.05, 4.69) is 6.92 Å². The second-order valence-corrected chi connectivity index (χ2v) is 4.15. The minimum Gasteiger partial charge on any atom is -0.303 e. The summed E-state index contributed by atoms with van der Waals surface area (Å²) in [5.74, 6) is 1.53. The van der Waals surface area contributed by atoms with Gasteiger partial charge in [0.1, 0.15) is 6.29 Å². The van der Waals surface area contributed by atoms with Crippen LogP contribution in [0.5, 0.6) is 0 Å². The van der Waals surface area contributed by atoms with Gasteiger partial charge < -0.3 is 4.79 Å². The van der Waals surface area contributed by atoms with E-state index in [1.54, 1.807) is 0 Å². The molecule has 1 aliphatic rings. The molecule has 2 heteroatoms. The lowest BCUT2D eigenvalue weighted by Crippen LogP contribution is -2.16. The third-order valence-corrected chi connectivity index (χ3v) is 2.95. The van der Waals surface area contributed by atoms with Crippen LogP contribution in [0.2, 0.25) is 0 Å². The molecule has 0 aromatic heterocycles. The Hall–Kier alpha value is 0.0200. The van der Waals surface area contributed by atoms with Gasteiger partial charge in [-0.05, 0) is 18.6 Å². The topological polar surface area (TPSA) is 17.1 Å². The minimum absolute atomic E-state index is 0.362. The summed E-state index contributed by atoms with van der Waals surface area (Å²) in [6, 6.07) is 0. The third-order valence-electron chi connectivity index (χ3n) is 1.72. The average molecular weight is 144 g/mol. The van der Waals surface area contributed by atoms with Crippen molar-refractivity contribution in [1.82, 2.24) is 0 Å². The van der Waals surface area contributed by atoms with Crippen LogP contribution in [0.3, 0.4) is 0 Å². The van der Waals surface area contributed by atoms with Crippen molar-refractivity contribution in [3.63, 3.8) is 0 Å². The first-order valence-electron chi connectivity index (χ1n) is 3.40. The molecule has 0 spiro atoms. The van der Waals surface area contributed by atoms with E-state index in [0.29, 0.717) is 11.2 Å². The summed E-state index contributed by atoms with van der Waals surface area (Å²) in [6.45, 7) is 2.19. The molecule has 0 amide bonds. The van der Waals surface area contributed by atoms with Crippen LogP contribution in [0.4, 0.5) is 0 Å².